The molecule has 0 aliphatic carbocycles. The van der Waals surface area contributed by atoms with E-state index in [4.69, 9.17) is 18.9 Å². The van der Waals surface area contributed by atoms with Crippen LogP contribution in [0.3, 0.4) is 0 Å². The van der Waals surface area contributed by atoms with Crippen LogP contribution in [0.4, 0.5) is 4.39 Å². The summed E-state index contributed by atoms with van der Waals surface area (Å²) in [5.74, 6) is 0.228. The first-order valence-electron chi connectivity index (χ1n) is 11.9. The molecule has 0 N–H and O–H groups in total. The summed E-state index contributed by atoms with van der Waals surface area (Å²) in [6, 6.07) is 23.2. The van der Waals surface area contributed by atoms with Crippen molar-refractivity contribution in [2.75, 3.05) is 7.11 Å². The molecule has 6 nitrogen and oxygen atoms in total. The van der Waals surface area contributed by atoms with E-state index in [1.54, 1.807) is 26.0 Å². The van der Waals surface area contributed by atoms with Crippen molar-refractivity contribution >= 4 is 12.0 Å². The van der Waals surface area contributed by atoms with E-state index in [2.05, 4.69) is 0 Å². The highest BCUT2D eigenvalue weighted by Gasteiger charge is 2.23. The van der Waals surface area contributed by atoms with Gasteiger partial charge >= 0.3 is 12.0 Å². The Morgan fingerprint density at radius 1 is 0.684 bits per heavy atom. The lowest BCUT2D eigenvalue weighted by Crippen LogP contribution is -2.14. The maximum atomic E-state index is 13.9. The summed E-state index contributed by atoms with van der Waals surface area (Å²) in [6.45, 7) is 3.64. The largest absolute Gasteiger partial charge is 0.497 e. The highest BCUT2D eigenvalue weighted by molar-refractivity contribution is 5.97. The molecule has 4 aromatic rings. The molecule has 4 aromatic carbocycles. The van der Waals surface area contributed by atoms with Crippen LogP contribution >= 0.6 is 0 Å². The molecule has 0 aliphatic heterocycles. The minimum atomic E-state index is -1.63. The van der Waals surface area contributed by atoms with Gasteiger partial charge in [0.15, 0.2) is 0 Å². The van der Waals surface area contributed by atoms with Gasteiger partial charge in [-0.2, -0.15) is 4.39 Å². The van der Waals surface area contributed by atoms with Crippen LogP contribution in [0, 0.1) is 13.8 Å². The summed E-state index contributed by atoms with van der Waals surface area (Å²) >= 11 is 0. The zero-order valence-electron chi connectivity index (χ0n) is 21.3. The second-order valence-electron chi connectivity index (χ2n) is 8.64. The Morgan fingerprint density at radius 3 is 1.68 bits per heavy atom. The van der Waals surface area contributed by atoms with E-state index in [0.717, 1.165) is 11.1 Å². The summed E-state index contributed by atoms with van der Waals surface area (Å²) in [7, 11) is 1.53. The van der Waals surface area contributed by atoms with E-state index in [1.165, 1.54) is 19.2 Å². The molecule has 0 unspecified atom stereocenters. The number of carbonyl (C=O) groups is 2. The molecule has 0 fully saturated rings. The van der Waals surface area contributed by atoms with Crippen LogP contribution in [0.15, 0.2) is 84.9 Å². The maximum Gasteiger partial charge on any atom is 0.347 e. The topological polar surface area (TPSA) is 71.1 Å². The van der Waals surface area contributed by atoms with Crippen molar-refractivity contribution in [2.24, 2.45) is 0 Å². The fraction of sp³-hybridized carbons (Fsp3) is 0.161. The van der Waals surface area contributed by atoms with Crippen LogP contribution in [-0.4, -0.2) is 19.1 Å². The summed E-state index contributed by atoms with van der Waals surface area (Å²) in [6.07, 6.45) is 0. The zero-order valence-corrected chi connectivity index (χ0v) is 21.3. The first-order valence-corrected chi connectivity index (χ1v) is 11.9. The van der Waals surface area contributed by atoms with Crippen molar-refractivity contribution in [3.63, 3.8) is 0 Å². The van der Waals surface area contributed by atoms with Crippen molar-refractivity contribution < 1.29 is 32.9 Å². The van der Waals surface area contributed by atoms with Crippen molar-refractivity contribution in [3.05, 3.63) is 118 Å². The number of benzene rings is 4. The van der Waals surface area contributed by atoms with Gasteiger partial charge < -0.3 is 18.9 Å². The Labute approximate surface area is 220 Å². The highest BCUT2D eigenvalue weighted by Crippen LogP contribution is 2.33. The van der Waals surface area contributed by atoms with E-state index in [9.17, 15) is 14.0 Å². The third kappa shape index (κ3) is 6.37. The first-order chi connectivity index (χ1) is 18.4. The summed E-state index contributed by atoms with van der Waals surface area (Å²) < 4.78 is 36.7. The number of halogens is 1. The van der Waals surface area contributed by atoms with Gasteiger partial charge in [-0.1, -0.05) is 60.7 Å². The van der Waals surface area contributed by atoms with Gasteiger partial charge in [0.2, 0.25) is 0 Å². The third-order valence-corrected chi connectivity index (χ3v) is 5.87. The lowest BCUT2D eigenvalue weighted by molar-refractivity contribution is 0.0728. The molecule has 7 heteroatoms. The maximum absolute atomic E-state index is 13.9. The number of hydrogen-bond acceptors (Lipinski definition) is 6. The van der Waals surface area contributed by atoms with Crippen LogP contribution in [0.2, 0.25) is 0 Å². The number of esters is 1. The molecule has 0 radical (unpaired) electrons. The van der Waals surface area contributed by atoms with Crippen molar-refractivity contribution in [1.29, 1.82) is 0 Å². The van der Waals surface area contributed by atoms with E-state index in [-0.39, 0.29) is 41.4 Å². The number of ether oxygens (including phenoxy) is 4. The monoisotopic (exact) mass is 514 g/mol. The third-order valence-electron chi connectivity index (χ3n) is 5.87. The second kappa shape index (κ2) is 12.1. The molecule has 0 bridgehead atoms. The Kier molecular flexibility index (Phi) is 8.38. The van der Waals surface area contributed by atoms with Gasteiger partial charge in [0.1, 0.15) is 41.8 Å². The van der Waals surface area contributed by atoms with Gasteiger partial charge in [0, 0.05) is 12.1 Å². The molecule has 194 valence electrons. The highest BCUT2D eigenvalue weighted by atomic mass is 19.1. The van der Waals surface area contributed by atoms with E-state index in [1.807, 2.05) is 60.7 Å². The number of hydrogen-bond donors (Lipinski definition) is 0. The minimum Gasteiger partial charge on any atom is -0.497 e. The number of methoxy groups -OCH3 is 1. The summed E-state index contributed by atoms with van der Waals surface area (Å²) in [4.78, 5) is 25.1. The van der Waals surface area contributed by atoms with Crippen LogP contribution < -0.4 is 18.9 Å². The molecule has 38 heavy (non-hydrogen) atoms. The Morgan fingerprint density at radius 2 is 1.16 bits per heavy atom. The molecule has 0 aromatic heterocycles. The van der Waals surface area contributed by atoms with Gasteiger partial charge in [-0.15, -0.1) is 0 Å². The minimum absolute atomic E-state index is 0.0174. The summed E-state index contributed by atoms with van der Waals surface area (Å²) in [5, 5.41) is 0. The van der Waals surface area contributed by atoms with Crippen LogP contribution in [0.5, 0.6) is 23.0 Å². The van der Waals surface area contributed by atoms with Gasteiger partial charge in [-0.05, 0) is 48.2 Å². The molecular weight excluding hydrogens is 487 g/mol. The molecule has 4 rings (SSSR count). The van der Waals surface area contributed by atoms with Gasteiger partial charge in [0.05, 0.1) is 12.7 Å². The lowest BCUT2D eigenvalue weighted by Gasteiger charge is -2.17. The normalized spacial score (nSPS) is 10.5. The van der Waals surface area contributed by atoms with E-state index < -0.39 is 12.0 Å². The van der Waals surface area contributed by atoms with Crippen molar-refractivity contribution in [3.8, 4) is 23.0 Å². The molecule has 0 aliphatic rings. The smallest absolute Gasteiger partial charge is 0.347 e. The standard InChI is InChI=1S/C31H27FO6/c1-20-15-25(17-26(28(20)30(32)33)36-18-22-10-6-4-7-11-22)38-31(34)29-21(2)14-24(35-3)16-27(29)37-19-23-12-8-5-9-13-23/h4-17H,18-19H2,1-3H3. The Balaban J connectivity index is 1.62. The molecule has 0 saturated carbocycles. The Hall–Kier alpha value is -4.65. The zero-order chi connectivity index (χ0) is 27.1. The lowest BCUT2D eigenvalue weighted by atomic mass is 10.1. The predicted molar refractivity (Wildman–Crippen MR) is 141 cm³/mol. The fourth-order valence-corrected chi connectivity index (χ4v) is 3.99. The van der Waals surface area contributed by atoms with Crippen LogP contribution in [0.25, 0.3) is 0 Å². The first kappa shape index (κ1) is 26.4. The SMILES string of the molecule is COc1cc(C)c(C(=O)Oc2cc(C)c(C(=O)F)c(OCc3ccccc3)c2)c(OCc2ccccc2)c1. The fourth-order valence-electron chi connectivity index (χ4n) is 3.99. The van der Waals surface area contributed by atoms with Crippen LogP contribution in [0.1, 0.15) is 43.0 Å². The average molecular weight is 515 g/mol. The molecule has 0 amide bonds. The second-order valence-corrected chi connectivity index (χ2v) is 8.64. The van der Waals surface area contributed by atoms with Gasteiger partial charge in [-0.3, -0.25) is 4.79 Å². The number of rotatable bonds is 10. The van der Waals surface area contributed by atoms with E-state index in [0.29, 0.717) is 17.1 Å². The average Bonchev–Trinajstić information content (AvgIpc) is 2.91. The summed E-state index contributed by atoms with van der Waals surface area (Å²) in [5.41, 5.74) is 2.63. The molecule has 0 heterocycles. The van der Waals surface area contributed by atoms with Crippen molar-refractivity contribution in [1.82, 2.24) is 0 Å². The molecule has 0 atom stereocenters. The number of aryl methyl sites for hydroxylation is 2. The molecule has 0 saturated heterocycles. The van der Waals surface area contributed by atoms with E-state index >= 15 is 0 Å². The molecular formula is C31H27FO6. The van der Waals surface area contributed by atoms with Crippen molar-refractivity contribution in [2.45, 2.75) is 27.1 Å². The van der Waals surface area contributed by atoms with Gasteiger partial charge in [-0.25, -0.2) is 4.79 Å². The quantitative estimate of drug-likeness (QED) is 0.132. The molecule has 0 spiro atoms. The van der Waals surface area contributed by atoms with Gasteiger partial charge in [0.25, 0.3) is 0 Å². The van der Waals surface area contributed by atoms with Crippen LogP contribution in [-0.2, 0) is 13.2 Å². The predicted octanol–water partition coefficient (Wildman–Crippen LogP) is 6.80. The Bertz CT molecular complexity index is 1430. The number of carbonyl (C=O) groups excluding carboxylic acids is 2.